The van der Waals surface area contributed by atoms with Crippen LogP contribution in [0.2, 0.25) is 0 Å². The van der Waals surface area contributed by atoms with Gasteiger partial charge in [0.2, 0.25) is 0 Å². The Kier molecular flexibility index (Phi) is 47.2. The lowest BCUT2D eigenvalue weighted by Crippen LogP contribution is -2.30. The van der Waals surface area contributed by atoms with Crippen LogP contribution in [0.15, 0.2) is 146 Å². The Bertz CT molecular complexity index is 1480. The van der Waals surface area contributed by atoms with Crippen LogP contribution in [0.5, 0.6) is 0 Å². The number of carbonyl (C=O) groups excluding carboxylic acids is 3. The van der Waals surface area contributed by atoms with Gasteiger partial charge < -0.3 is 14.2 Å². The Morgan fingerprint density at radius 3 is 1.27 bits per heavy atom. The van der Waals surface area contributed by atoms with Crippen molar-refractivity contribution in [2.24, 2.45) is 0 Å². The van der Waals surface area contributed by atoms with E-state index in [-0.39, 0.29) is 44.4 Å². The van der Waals surface area contributed by atoms with Crippen molar-refractivity contribution in [1.82, 2.24) is 0 Å². The molecule has 0 saturated heterocycles. The van der Waals surface area contributed by atoms with Gasteiger partial charge in [0, 0.05) is 19.3 Å². The van der Waals surface area contributed by atoms with Crippen molar-refractivity contribution < 1.29 is 28.6 Å². The molecule has 0 heterocycles. The van der Waals surface area contributed by atoms with Crippen LogP contribution >= 0.6 is 0 Å². The van der Waals surface area contributed by atoms with E-state index in [4.69, 9.17) is 14.2 Å². The molecule has 1 atom stereocenters. The minimum Gasteiger partial charge on any atom is -0.462 e. The SMILES string of the molecule is CC/C=C/C=C/C=C/C=C/CCCCCC(=O)OCC(COC(=O)CCC/C=C/C/C=C/C/C=C/CCCCCCCC)OC(=O)CC/C=C/C/C=C/C/C=C/C/C=C/C/C=C/CC. The van der Waals surface area contributed by atoms with Gasteiger partial charge in [-0.05, 0) is 103 Å². The Hall–Kier alpha value is -4.71. The summed E-state index contributed by atoms with van der Waals surface area (Å²) in [4.78, 5) is 37.9. The fourth-order valence-electron chi connectivity index (χ4n) is 5.99. The van der Waals surface area contributed by atoms with Crippen molar-refractivity contribution >= 4 is 17.9 Å². The fourth-order valence-corrected chi connectivity index (χ4v) is 5.99. The largest absolute Gasteiger partial charge is 0.462 e. The third-order valence-electron chi connectivity index (χ3n) is 9.67. The first-order valence-electron chi connectivity index (χ1n) is 24.9. The summed E-state index contributed by atoms with van der Waals surface area (Å²) in [5.74, 6) is -1.14. The average Bonchev–Trinajstić information content (AvgIpc) is 3.29. The van der Waals surface area contributed by atoms with E-state index in [2.05, 4.69) is 118 Å². The van der Waals surface area contributed by atoms with Gasteiger partial charge in [0.15, 0.2) is 6.10 Å². The monoisotopic (exact) mass is 881 g/mol. The van der Waals surface area contributed by atoms with Gasteiger partial charge in [0.1, 0.15) is 13.2 Å². The molecule has 0 aliphatic carbocycles. The summed E-state index contributed by atoms with van der Waals surface area (Å²) in [6.07, 6.45) is 72.8. The molecule has 0 N–H and O–H groups in total. The van der Waals surface area contributed by atoms with Crippen LogP contribution in [0.3, 0.4) is 0 Å². The number of hydrogen-bond donors (Lipinski definition) is 0. The maximum atomic E-state index is 12.7. The lowest BCUT2D eigenvalue weighted by Gasteiger charge is -2.18. The third-order valence-corrected chi connectivity index (χ3v) is 9.67. The van der Waals surface area contributed by atoms with Crippen molar-refractivity contribution in [2.45, 2.75) is 187 Å². The number of carbonyl (C=O) groups is 3. The number of rotatable bonds is 42. The van der Waals surface area contributed by atoms with E-state index >= 15 is 0 Å². The van der Waals surface area contributed by atoms with Crippen LogP contribution in [0, 0.1) is 0 Å². The minimum atomic E-state index is -0.860. The van der Waals surface area contributed by atoms with Crippen molar-refractivity contribution in [3.8, 4) is 0 Å². The van der Waals surface area contributed by atoms with Gasteiger partial charge in [-0.15, -0.1) is 0 Å². The van der Waals surface area contributed by atoms with Gasteiger partial charge in [-0.1, -0.05) is 205 Å². The molecule has 0 aliphatic rings. The molecule has 1 unspecified atom stereocenters. The topological polar surface area (TPSA) is 78.9 Å². The van der Waals surface area contributed by atoms with E-state index < -0.39 is 12.1 Å². The smallest absolute Gasteiger partial charge is 0.306 e. The molecule has 0 aromatic heterocycles. The molecule has 356 valence electrons. The van der Waals surface area contributed by atoms with Gasteiger partial charge in [-0.25, -0.2) is 0 Å². The molecule has 6 heteroatoms. The maximum absolute atomic E-state index is 12.7. The molecule has 0 aromatic rings. The van der Waals surface area contributed by atoms with Crippen LogP contribution in [0.25, 0.3) is 0 Å². The van der Waals surface area contributed by atoms with Crippen LogP contribution in [0.4, 0.5) is 0 Å². The normalized spacial score (nSPS) is 13.4. The number of esters is 3. The predicted molar refractivity (Wildman–Crippen MR) is 274 cm³/mol. The second-order valence-electron chi connectivity index (χ2n) is 15.7. The second kappa shape index (κ2) is 50.9. The predicted octanol–water partition coefficient (Wildman–Crippen LogP) is 16.5. The molecule has 0 amide bonds. The van der Waals surface area contributed by atoms with E-state index in [1.54, 1.807) is 0 Å². The zero-order valence-corrected chi connectivity index (χ0v) is 40.5. The third kappa shape index (κ3) is 48.3. The Morgan fingerprint density at radius 1 is 0.344 bits per heavy atom. The van der Waals surface area contributed by atoms with Gasteiger partial charge in [0.25, 0.3) is 0 Å². The molecular weight excluding hydrogens is 793 g/mol. The van der Waals surface area contributed by atoms with Gasteiger partial charge >= 0.3 is 17.9 Å². The maximum Gasteiger partial charge on any atom is 0.306 e. The Morgan fingerprint density at radius 2 is 0.734 bits per heavy atom. The molecule has 0 radical (unpaired) electrons. The van der Waals surface area contributed by atoms with Crippen molar-refractivity contribution in [3.63, 3.8) is 0 Å². The van der Waals surface area contributed by atoms with E-state index in [1.807, 2.05) is 48.6 Å². The van der Waals surface area contributed by atoms with Crippen molar-refractivity contribution in [2.75, 3.05) is 13.2 Å². The first-order chi connectivity index (χ1) is 31.5. The van der Waals surface area contributed by atoms with E-state index in [0.717, 1.165) is 77.0 Å². The summed E-state index contributed by atoms with van der Waals surface area (Å²) < 4.78 is 16.6. The number of ether oxygens (including phenoxy) is 3. The van der Waals surface area contributed by atoms with Crippen LogP contribution in [-0.4, -0.2) is 37.2 Å². The number of allylic oxidation sites excluding steroid dienone is 24. The van der Waals surface area contributed by atoms with E-state index in [1.165, 1.54) is 44.9 Å². The van der Waals surface area contributed by atoms with Crippen molar-refractivity contribution in [3.05, 3.63) is 146 Å². The highest BCUT2D eigenvalue weighted by molar-refractivity contribution is 5.71. The summed E-state index contributed by atoms with van der Waals surface area (Å²) in [5.41, 5.74) is 0. The molecule has 0 fully saturated rings. The zero-order chi connectivity index (χ0) is 46.5. The molecule has 0 saturated carbocycles. The van der Waals surface area contributed by atoms with Crippen LogP contribution in [0.1, 0.15) is 181 Å². The molecule has 0 aromatic carbocycles. The summed E-state index contributed by atoms with van der Waals surface area (Å²) >= 11 is 0. The summed E-state index contributed by atoms with van der Waals surface area (Å²) in [6.45, 7) is 6.20. The molecule has 0 rings (SSSR count). The Labute approximate surface area is 391 Å². The Balaban J connectivity index is 4.66. The molecule has 6 nitrogen and oxygen atoms in total. The lowest BCUT2D eigenvalue weighted by atomic mass is 10.1. The summed E-state index contributed by atoms with van der Waals surface area (Å²) in [6, 6.07) is 0. The molecule has 0 aliphatic heterocycles. The van der Waals surface area contributed by atoms with Crippen LogP contribution < -0.4 is 0 Å². The number of hydrogen-bond acceptors (Lipinski definition) is 6. The highest BCUT2D eigenvalue weighted by atomic mass is 16.6. The van der Waals surface area contributed by atoms with Crippen molar-refractivity contribution in [1.29, 1.82) is 0 Å². The van der Waals surface area contributed by atoms with Gasteiger partial charge in [-0.3, -0.25) is 14.4 Å². The molecule has 0 bridgehead atoms. The minimum absolute atomic E-state index is 0.150. The fraction of sp³-hybridized carbons (Fsp3) is 0.534. The average molecular weight is 881 g/mol. The van der Waals surface area contributed by atoms with Crippen LogP contribution in [-0.2, 0) is 28.6 Å². The highest BCUT2D eigenvalue weighted by Gasteiger charge is 2.19. The quantitative estimate of drug-likeness (QED) is 0.0200. The van der Waals surface area contributed by atoms with Gasteiger partial charge in [0.05, 0.1) is 0 Å². The van der Waals surface area contributed by atoms with E-state index in [0.29, 0.717) is 19.3 Å². The molecule has 0 spiro atoms. The second-order valence-corrected chi connectivity index (χ2v) is 15.7. The first-order valence-corrected chi connectivity index (χ1v) is 24.9. The molecule has 64 heavy (non-hydrogen) atoms. The molecular formula is C58H88O6. The summed E-state index contributed by atoms with van der Waals surface area (Å²) in [5, 5.41) is 0. The first kappa shape index (κ1) is 59.3. The zero-order valence-electron chi connectivity index (χ0n) is 40.5. The van der Waals surface area contributed by atoms with E-state index in [9.17, 15) is 14.4 Å². The highest BCUT2D eigenvalue weighted by Crippen LogP contribution is 2.10. The number of unbranched alkanes of at least 4 members (excludes halogenated alkanes) is 10. The summed E-state index contributed by atoms with van der Waals surface area (Å²) in [7, 11) is 0. The standard InChI is InChI=1S/C58H88O6/c1-4-7-10-13-16-19-22-25-27-29-31-33-36-39-42-45-48-51-57(60)63-54-55(53-62-56(59)50-47-44-41-38-35-32-24-21-18-15-12-9-6-3)64-58(61)52-49-46-43-40-37-34-30-28-26-23-20-17-14-11-8-5-2/h8-9,11-12,15,17-18,20-21,24-28,31-35,37,39,42-43,46,55H,4-7,10,13-14,16,19,22-23,29-30,36,38,40-41,44-45,47-54H2,1-3H3/b11-8+,12-9+,18-15+,20-17+,24-21+,27-25+,28-26+,33-31+,35-32+,37-34+,42-39+,46-43+. The lowest BCUT2D eigenvalue weighted by molar-refractivity contribution is -0.166. The van der Waals surface area contributed by atoms with Gasteiger partial charge in [-0.2, -0.15) is 0 Å².